The molecule has 2 N–H and O–H groups in total. The number of sulfonamides is 1. The molecule has 0 aromatic heterocycles. The Kier molecular flexibility index (Phi) is 5.62. The van der Waals surface area contributed by atoms with Gasteiger partial charge >= 0.3 is 0 Å². The second kappa shape index (κ2) is 7.07. The van der Waals surface area contributed by atoms with Crippen molar-refractivity contribution in [3.8, 4) is 0 Å². The Morgan fingerprint density at radius 3 is 2.24 bits per heavy atom. The molecule has 0 bridgehead atoms. The second-order valence-electron chi connectivity index (χ2n) is 6.33. The summed E-state index contributed by atoms with van der Waals surface area (Å²) < 4.78 is 24.3. The third-order valence-electron chi connectivity index (χ3n) is 4.65. The van der Waals surface area contributed by atoms with Gasteiger partial charge in [0.25, 0.3) is 0 Å². The van der Waals surface area contributed by atoms with Crippen molar-refractivity contribution in [1.82, 2.24) is 9.21 Å². The summed E-state index contributed by atoms with van der Waals surface area (Å²) in [6.45, 7) is 1.65. The van der Waals surface area contributed by atoms with E-state index in [4.69, 9.17) is 5.73 Å². The molecular weight excluding hydrogens is 290 g/mol. The zero-order chi connectivity index (χ0) is 15.5. The van der Waals surface area contributed by atoms with Crippen LogP contribution in [0.25, 0.3) is 0 Å². The SMILES string of the molecule is CS(=O)(=O)N1CCN(C(=O)C(N)CC2CCCCC2)CC1. The normalized spacial score (nSPS) is 24.0. The van der Waals surface area contributed by atoms with E-state index in [9.17, 15) is 13.2 Å². The summed E-state index contributed by atoms with van der Waals surface area (Å²) in [5.41, 5.74) is 6.08. The highest BCUT2D eigenvalue weighted by Gasteiger charge is 2.29. The Bertz CT molecular complexity index is 452. The van der Waals surface area contributed by atoms with Crippen LogP contribution in [-0.4, -0.2) is 62.0 Å². The summed E-state index contributed by atoms with van der Waals surface area (Å²) in [5.74, 6) is 0.559. The zero-order valence-electron chi connectivity index (χ0n) is 12.8. The summed E-state index contributed by atoms with van der Waals surface area (Å²) in [7, 11) is -3.15. The fourth-order valence-corrected chi connectivity index (χ4v) is 4.18. The average molecular weight is 317 g/mol. The minimum absolute atomic E-state index is 0.0197. The summed E-state index contributed by atoms with van der Waals surface area (Å²) in [4.78, 5) is 14.1. The predicted molar refractivity (Wildman–Crippen MR) is 82.2 cm³/mol. The Morgan fingerprint density at radius 1 is 1.14 bits per heavy atom. The molecule has 1 amide bonds. The van der Waals surface area contributed by atoms with E-state index in [2.05, 4.69) is 0 Å². The molecule has 21 heavy (non-hydrogen) atoms. The van der Waals surface area contributed by atoms with Crippen LogP contribution in [0.2, 0.25) is 0 Å². The van der Waals surface area contributed by atoms with Crippen LogP contribution >= 0.6 is 0 Å². The van der Waals surface area contributed by atoms with Gasteiger partial charge in [-0.05, 0) is 12.3 Å². The van der Waals surface area contributed by atoms with Gasteiger partial charge in [0.05, 0.1) is 12.3 Å². The van der Waals surface area contributed by atoms with Crippen molar-refractivity contribution >= 4 is 15.9 Å². The molecular formula is C14H27N3O3S. The standard InChI is InChI=1S/C14H27N3O3S/c1-21(19,20)17-9-7-16(8-10-17)14(18)13(15)11-12-5-3-2-4-6-12/h12-13H,2-11,15H2,1H3. The first-order valence-electron chi connectivity index (χ1n) is 7.87. The molecule has 122 valence electrons. The molecule has 1 aliphatic carbocycles. The Hall–Kier alpha value is -0.660. The number of hydrogen-bond acceptors (Lipinski definition) is 4. The fourth-order valence-electron chi connectivity index (χ4n) is 3.36. The molecule has 1 saturated heterocycles. The topological polar surface area (TPSA) is 83.7 Å². The molecule has 0 aromatic rings. The van der Waals surface area contributed by atoms with Crippen molar-refractivity contribution in [2.24, 2.45) is 11.7 Å². The first-order valence-corrected chi connectivity index (χ1v) is 9.72. The number of carbonyl (C=O) groups excluding carboxylic acids is 1. The van der Waals surface area contributed by atoms with Gasteiger partial charge in [0.1, 0.15) is 0 Å². The highest BCUT2D eigenvalue weighted by molar-refractivity contribution is 7.88. The molecule has 6 nitrogen and oxygen atoms in total. The fraction of sp³-hybridized carbons (Fsp3) is 0.929. The molecule has 2 fully saturated rings. The first-order chi connectivity index (χ1) is 9.88. The third-order valence-corrected chi connectivity index (χ3v) is 5.95. The van der Waals surface area contributed by atoms with Crippen molar-refractivity contribution in [2.45, 2.75) is 44.6 Å². The largest absolute Gasteiger partial charge is 0.339 e. The molecule has 7 heteroatoms. The number of carbonyl (C=O) groups is 1. The summed E-state index contributed by atoms with van der Waals surface area (Å²) in [5, 5.41) is 0. The summed E-state index contributed by atoms with van der Waals surface area (Å²) in [6, 6.07) is -0.433. The maximum atomic E-state index is 12.4. The molecule has 1 unspecified atom stereocenters. The van der Waals surface area contributed by atoms with Crippen molar-refractivity contribution in [3.63, 3.8) is 0 Å². The molecule has 0 radical (unpaired) electrons. The molecule has 2 aliphatic rings. The van der Waals surface area contributed by atoms with Gasteiger partial charge in [-0.25, -0.2) is 8.42 Å². The van der Waals surface area contributed by atoms with Crippen LogP contribution in [-0.2, 0) is 14.8 Å². The van der Waals surface area contributed by atoms with E-state index < -0.39 is 16.1 Å². The number of nitrogens with two attached hydrogens (primary N) is 1. The highest BCUT2D eigenvalue weighted by atomic mass is 32.2. The molecule has 1 aliphatic heterocycles. The van der Waals surface area contributed by atoms with Crippen molar-refractivity contribution in [1.29, 1.82) is 0 Å². The Morgan fingerprint density at radius 2 is 1.71 bits per heavy atom. The average Bonchev–Trinajstić information content (AvgIpc) is 2.46. The number of rotatable bonds is 4. The van der Waals surface area contributed by atoms with E-state index in [0.29, 0.717) is 32.1 Å². The van der Waals surface area contributed by atoms with Crippen LogP contribution in [0.4, 0.5) is 0 Å². The van der Waals surface area contributed by atoms with E-state index >= 15 is 0 Å². The van der Waals surface area contributed by atoms with E-state index in [1.54, 1.807) is 4.90 Å². The van der Waals surface area contributed by atoms with Gasteiger partial charge in [0.15, 0.2) is 0 Å². The van der Waals surface area contributed by atoms with Crippen molar-refractivity contribution < 1.29 is 13.2 Å². The zero-order valence-corrected chi connectivity index (χ0v) is 13.6. The van der Waals surface area contributed by atoms with E-state index in [-0.39, 0.29) is 5.91 Å². The van der Waals surface area contributed by atoms with Gasteiger partial charge in [-0.15, -0.1) is 0 Å². The van der Waals surface area contributed by atoms with E-state index in [0.717, 1.165) is 6.42 Å². The van der Waals surface area contributed by atoms with Gasteiger partial charge < -0.3 is 10.6 Å². The van der Waals surface area contributed by atoms with Crippen LogP contribution in [0.15, 0.2) is 0 Å². The third kappa shape index (κ3) is 4.66. The maximum absolute atomic E-state index is 12.4. The van der Waals surface area contributed by atoms with Crippen LogP contribution in [0.5, 0.6) is 0 Å². The lowest BCUT2D eigenvalue weighted by Gasteiger charge is -2.35. The number of nitrogens with zero attached hydrogens (tertiary/aromatic N) is 2. The maximum Gasteiger partial charge on any atom is 0.239 e. The molecule has 1 heterocycles. The van der Waals surface area contributed by atoms with Crippen molar-refractivity contribution in [3.05, 3.63) is 0 Å². The first kappa shape index (κ1) is 16.7. The quantitative estimate of drug-likeness (QED) is 0.813. The van der Waals surface area contributed by atoms with E-state index in [1.807, 2.05) is 0 Å². The molecule has 0 aromatic carbocycles. The molecule has 1 atom stereocenters. The number of hydrogen-bond donors (Lipinski definition) is 1. The lowest BCUT2D eigenvalue weighted by atomic mass is 9.85. The smallest absolute Gasteiger partial charge is 0.239 e. The number of piperazine rings is 1. The van der Waals surface area contributed by atoms with Crippen LogP contribution < -0.4 is 5.73 Å². The van der Waals surface area contributed by atoms with Gasteiger partial charge in [0, 0.05) is 26.2 Å². The van der Waals surface area contributed by atoms with Gasteiger partial charge in [-0.1, -0.05) is 32.1 Å². The van der Waals surface area contributed by atoms with Gasteiger partial charge in [0.2, 0.25) is 15.9 Å². The molecule has 1 saturated carbocycles. The minimum Gasteiger partial charge on any atom is -0.339 e. The monoisotopic (exact) mass is 317 g/mol. The molecule has 2 rings (SSSR count). The van der Waals surface area contributed by atoms with Crippen LogP contribution in [0.3, 0.4) is 0 Å². The lowest BCUT2D eigenvalue weighted by Crippen LogP contribution is -2.54. The Balaban J connectivity index is 1.80. The Labute approximate surface area is 127 Å². The second-order valence-corrected chi connectivity index (χ2v) is 8.32. The van der Waals surface area contributed by atoms with Crippen LogP contribution in [0.1, 0.15) is 38.5 Å². The van der Waals surface area contributed by atoms with Gasteiger partial charge in [-0.3, -0.25) is 4.79 Å². The van der Waals surface area contributed by atoms with Crippen molar-refractivity contribution in [2.75, 3.05) is 32.4 Å². The molecule has 0 spiro atoms. The predicted octanol–water partition coefficient (Wildman–Crippen LogP) is 0.388. The lowest BCUT2D eigenvalue weighted by molar-refractivity contribution is -0.134. The summed E-state index contributed by atoms with van der Waals surface area (Å²) in [6.07, 6.45) is 8.14. The highest BCUT2D eigenvalue weighted by Crippen LogP contribution is 2.27. The van der Waals surface area contributed by atoms with E-state index in [1.165, 1.54) is 42.7 Å². The number of amides is 1. The minimum atomic E-state index is -3.15. The van der Waals surface area contributed by atoms with Gasteiger partial charge in [-0.2, -0.15) is 4.31 Å². The van der Waals surface area contributed by atoms with Crippen LogP contribution in [0, 0.1) is 5.92 Å². The summed E-state index contributed by atoms with van der Waals surface area (Å²) >= 11 is 0.